The number of carbonyl (C=O) groups is 2. The van der Waals surface area contributed by atoms with Gasteiger partial charge in [-0.15, -0.1) is 0 Å². The molecule has 3 fully saturated rings. The number of carbonyl (C=O) groups excluding carboxylic acids is 2. The molecule has 5 N–H and O–H groups in total. The number of ether oxygens (including phenoxy) is 1. The number of thioether (sulfide) groups is 1. The zero-order valence-corrected chi connectivity index (χ0v) is 21.7. The molecule has 3 aliphatic heterocycles. The first-order valence-corrected chi connectivity index (χ1v) is 14.0. The van der Waals surface area contributed by atoms with Crippen LogP contribution in [0.5, 0.6) is 11.5 Å². The number of nitrogens with one attached hydrogen (secondary N) is 3. The van der Waals surface area contributed by atoms with Gasteiger partial charge in [0.15, 0.2) is 0 Å². The van der Waals surface area contributed by atoms with Crippen LogP contribution in [-0.2, 0) is 4.79 Å². The Labute approximate surface area is 221 Å². The number of hydrogen-bond donors (Lipinski definition) is 4. The maximum atomic E-state index is 13.5. The molecule has 0 bridgehead atoms. The van der Waals surface area contributed by atoms with Crippen molar-refractivity contribution < 1.29 is 14.3 Å². The zero-order chi connectivity index (χ0) is 25.5. The summed E-state index contributed by atoms with van der Waals surface area (Å²) in [5.41, 5.74) is 8.71. The Balaban J connectivity index is 1.24. The SMILES string of the molecule is Cc1cc(Oc2ccccc2)ccc1N1C(=O)NC2=C(C(=O)N[C@@H]3CCC[C@@H](N)C3)SC3NCCC1C23. The van der Waals surface area contributed by atoms with Crippen LogP contribution < -0.4 is 31.3 Å². The zero-order valence-electron chi connectivity index (χ0n) is 20.9. The fraction of sp³-hybridized carbons (Fsp3) is 0.429. The van der Waals surface area contributed by atoms with Crippen LogP contribution in [-0.4, -0.2) is 42.0 Å². The van der Waals surface area contributed by atoms with Gasteiger partial charge in [0, 0.05) is 29.4 Å². The van der Waals surface area contributed by atoms with Crippen LogP contribution in [0.3, 0.4) is 0 Å². The van der Waals surface area contributed by atoms with Crippen LogP contribution in [0.4, 0.5) is 10.5 Å². The van der Waals surface area contributed by atoms with Crippen LogP contribution in [0.2, 0.25) is 0 Å². The van der Waals surface area contributed by atoms with Crippen molar-refractivity contribution in [2.45, 2.75) is 62.5 Å². The number of hydrogen-bond acceptors (Lipinski definition) is 6. The lowest BCUT2D eigenvalue weighted by Crippen LogP contribution is -2.62. The Bertz CT molecular complexity index is 1240. The van der Waals surface area contributed by atoms with Crippen molar-refractivity contribution in [2.24, 2.45) is 11.7 Å². The predicted octanol–water partition coefficient (Wildman–Crippen LogP) is 3.97. The van der Waals surface area contributed by atoms with Gasteiger partial charge in [0.05, 0.1) is 16.3 Å². The minimum Gasteiger partial charge on any atom is -0.457 e. The molecular weight excluding hydrogens is 486 g/mol. The molecule has 3 unspecified atom stereocenters. The summed E-state index contributed by atoms with van der Waals surface area (Å²) in [6, 6.07) is 15.5. The highest BCUT2D eigenvalue weighted by molar-refractivity contribution is 8.04. The summed E-state index contributed by atoms with van der Waals surface area (Å²) in [6.45, 7) is 2.79. The Morgan fingerprint density at radius 3 is 2.76 bits per heavy atom. The molecule has 194 valence electrons. The molecular formula is C28H33N5O3S. The number of nitrogens with zero attached hydrogens (tertiary/aromatic N) is 1. The van der Waals surface area contributed by atoms with E-state index in [9.17, 15) is 9.59 Å². The molecule has 6 rings (SSSR count). The van der Waals surface area contributed by atoms with Crippen molar-refractivity contribution in [1.82, 2.24) is 16.0 Å². The number of rotatable bonds is 5. The second-order valence-electron chi connectivity index (χ2n) is 10.4. The van der Waals surface area contributed by atoms with Crippen LogP contribution in [0, 0.1) is 12.8 Å². The van der Waals surface area contributed by atoms with Gasteiger partial charge in [-0.05, 0) is 81.5 Å². The van der Waals surface area contributed by atoms with E-state index in [1.807, 2.05) is 60.4 Å². The first kappa shape index (κ1) is 24.3. The molecule has 2 saturated heterocycles. The lowest BCUT2D eigenvalue weighted by molar-refractivity contribution is -0.117. The van der Waals surface area contributed by atoms with Gasteiger partial charge < -0.3 is 26.4 Å². The molecule has 5 atom stereocenters. The van der Waals surface area contributed by atoms with E-state index in [1.54, 1.807) is 0 Å². The Kier molecular flexibility index (Phi) is 6.60. The minimum atomic E-state index is -0.191. The normalized spacial score (nSPS) is 29.0. The van der Waals surface area contributed by atoms with Crippen molar-refractivity contribution in [3.05, 3.63) is 64.7 Å². The van der Waals surface area contributed by atoms with E-state index < -0.39 is 0 Å². The van der Waals surface area contributed by atoms with Crippen LogP contribution in [0.25, 0.3) is 0 Å². The number of benzene rings is 2. The molecule has 2 aromatic rings. The molecule has 0 radical (unpaired) electrons. The maximum absolute atomic E-state index is 13.5. The van der Waals surface area contributed by atoms with Gasteiger partial charge in [0.25, 0.3) is 5.91 Å². The molecule has 0 aromatic heterocycles. The van der Waals surface area contributed by atoms with Crippen molar-refractivity contribution >= 4 is 29.4 Å². The molecule has 1 saturated carbocycles. The lowest BCUT2D eigenvalue weighted by atomic mass is 9.86. The third-order valence-electron chi connectivity index (χ3n) is 7.80. The average Bonchev–Trinajstić information content (AvgIpc) is 3.25. The smallest absolute Gasteiger partial charge is 0.326 e. The second kappa shape index (κ2) is 10.0. The fourth-order valence-electron chi connectivity index (χ4n) is 6.10. The first-order chi connectivity index (χ1) is 18.0. The highest BCUT2D eigenvalue weighted by Crippen LogP contribution is 2.48. The molecule has 4 aliphatic rings. The molecule has 1 aliphatic carbocycles. The molecule has 3 heterocycles. The Morgan fingerprint density at radius 1 is 1.14 bits per heavy atom. The Morgan fingerprint density at radius 2 is 1.97 bits per heavy atom. The van der Waals surface area contributed by atoms with E-state index in [-0.39, 0.29) is 41.4 Å². The van der Waals surface area contributed by atoms with E-state index in [4.69, 9.17) is 10.5 Å². The summed E-state index contributed by atoms with van der Waals surface area (Å²) in [4.78, 5) is 29.4. The number of aryl methyl sites for hydroxylation is 1. The van der Waals surface area contributed by atoms with Gasteiger partial charge in [-0.3, -0.25) is 9.69 Å². The molecule has 9 heteroatoms. The van der Waals surface area contributed by atoms with Crippen LogP contribution in [0.15, 0.2) is 59.1 Å². The number of urea groups is 1. The summed E-state index contributed by atoms with van der Waals surface area (Å²) >= 11 is 1.54. The highest BCUT2D eigenvalue weighted by atomic mass is 32.2. The van der Waals surface area contributed by atoms with Crippen molar-refractivity contribution in [3.8, 4) is 11.5 Å². The van der Waals surface area contributed by atoms with E-state index in [1.165, 1.54) is 11.8 Å². The van der Waals surface area contributed by atoms with Crippen LogP contribution >= 0.6 is 11.8 Å². The molecule has 2 aromatic carbocycles. The number of nitrogens with two attached hydrogens (primary N) is 1. The molecule has 0 spiro atoms. The van der Waals surface area contributed by atoms with E-state index >= 15 is 0 Å². The monoisotopic (exact) mass is 519 g/mol. The standard InChI is InChI=1S/C28H33N5O3S/c1-16-14-20(36-19-8-3-2-4-9-19)10-11-21(16)33-22-12-13-30-27-23(22)24(32-28(33)35)25(37-27)26(34)31-18-7-5-6-17(29)15-18/h2-4,8-11,14,17-18,22-23,27,30H,5-7,12-13,15,29H2,1H3,(H,31,34)(H,32,35)/t17-,18-,22?,23?,27?/m1/s1. The van der Waals surface area contributed by atoms with Gasteiger partial charge in [-0.1, -0.05) is 30.0 Å². The quantitative estimate of drug-likeness (QED) is 0.476. The maximum Gasteiger partial charge on any atom is 0.326 e. The number of anilines is 1. The van der Waals surface area contributed by atoms with Gasteiger partial charge in [0.2, 0.25) is 0 Å². The van der Waals surface area contributed by atoms with Crippen molar-refractivity contribution in [1.29, 1.82) is 0 Å². The number of para-hydroxylation sites is 1. The largest absolute Gasteiger partial charge is 0.457 e. The van der Waals surface area contributed by atoms with Crippen LogP contribution in [0.1, 0.15) is 37.7 Å². The predicted molar refractivity (Wildman–Crippen MR) is 145 cm³/mol. The summed E-state index contributed by atoms with van der Waals surface area (Å²) in [7, 11) is 0. The third-order valence-corrected chi connectivity index (χ3v) is 9.16. The second-order valence-corrected chi connectivity index (χ2v) is 11.5. The summed E-state index contributed by atoms with van der Waals surface area (Å²) < 4.78 is 6.00. The van der Waals surface area contributed by atoms with E-state index in [2.05, 4.69) is 16.0 Å². The minimum absolute atomic E-state index is 0.0189. The molecule has 37 heavy (non-hydrogen) atoms. The van der Waals surface area contributed by atoms with Gasteiger partial charge >= 0.3 is 6.03 Å². The van der Waals surface area contributed by atoms with E-state index in [0.29, 0.717) is 4.91 Å². The van der Waals surface area contributed by atoms with E-state index in [0.717, 1.165) is 67.1 Å². The van der Waals surface area contributed by atoms with Gasteiger partial charge in [-0.25, -0.2) is 4.79 Å². The van der Waals surface area contributed by atoms with Crippen molar-refractivity contribution in [3.63, 3.8) is 0 Å². The topological polar surface area (TPSA) is 109 Å². The third kappa shape index (κ3) is 4.71. The highest BCUT2D eigenvalue weighted by Gasteiger charge is 2.52. The Hall–Kier alpha value is -3.01. The molecule has 3 amide bonds. The summed E-state index contributed by atoms with van der Waals surface area (Å²) in [6.07, 6.45) is 4.60. The van der Waals surface area contributed by atoms with Gasteiger partial charge in [0.1, 0.15) is 11.5 Å². The average molecular weight is 520 g/mol. The van der Waals surface area contributed by atoms with Gasteiger partial charge in [-0.2, -0.15) is 0 Å². The van der Waals surface area contributed by atoms with Crippen molar-refractivity contribution in [2.75, 3.05) is 11.4 Å². The summed E-state index contributed by atoms with van der Waals surface area (Å²) in [5.74, 6) is 1.42. The number of piperidine rings is 1. The molecule has 8 nitrogen and oxygen atoms in total. The fourth-order valence-corrected chi connectivity index (χ4v) is 7.50. The lowest BCUT2D eigenvalue weighted by Gasteiger charge is -2.46. The summed E-state index contributed by atoms with van der Waals surface area (Å²) in [5, 5.41) is 9.91. The number of amides is 3. The first-order valence-electron chi connectivity index (χ1n) is 13.1.